The zero-order valence-corrected chi connectivity index (χ0v) is 11.6. The molecule has 1 N–H and O–H groups in total. The van der Waals surface area contributed by atoms with Crippen LogP contribution in [0.5, 0.6) is 5.75 Å². The second-order valence-electron chi connectivity index (χ2n) is 4.34. The maximum atomic E-state index is 7.00. The molecule has 2 aromatic rings. The Kier molecular flexibility index (Phi) is 4.38. The van der Waals surface area contributed by atoms with Crippen LogP contribution in [0, 0.1) is 0 Å². The van der Waals surface area contributed by atoms with Crippen molar-refractivity contribution in [3.8, 4) is 5.75 Å². The van der Waals surface area contributed by atoms with Crippen LogP contribution in [-0.4, -0.2) is 12.2 Å². The van der Waals surface area contributed by atoms with Crippen molar-refractivity contribution in [1.29, 1.82) is 0 Å². The van der Waals surface area contributed by atoms with Crippen molar-refractivity contribution in [3.05, 3.63) is 78.6 Å². The minimum absolute atomic E-state index is 0.813. The Labute approximate surface area is 119 Å². The molecule has 1 aliphatic rings. The van der Waals surface area contributed by atoms with E-state index in [1.165, 1.54) is 16.3 Å². The van der Waals surface area contributed by atoms with Crippen LogP contribution in [-0.2, 0) is 6.42 Å². The van der Waals surface area contributed by atoms with Gasteiger partial charge in [0.2, 0.25) is 0 Å². The fourth-order valence-electron chi connectivity index (χ4n) is 2.40. The molecule has 2 nitrogen and oxygen atoms in total. The van der Waals surface area contributed by atoms with Gasteiger partial charge in [-0.25, -0.2) is 0 Å². The monoisotopic (exact) mass is 266 g/mol. The molecule has 0 atom stereocenters. The van der Waals surface area contributed by atoms with E-state index in [4.69, 9.17) is 9.84 Å². The molecule has 0 aromatic heterocycles. The molecule has 0 saturated heterocycles. The SMILES string of the molecule is C=CC1=C(C=C)Oc2ccc3ccccc3c2C1.CO. The molecule has 2 aromatic carbocycles. The number of hydrogen-bond acceptors (Lipinski definition) is 2. The summed E-state index contributed by atoms with van der Waals surface area (Å²) in [5.74, 6) is 1.74. The smallest absolute Gasteiger partial charge is 0.131 e. The highest BCUT2D eigenvalue weighted by Gasteiger charge is 2.18. The first-order chi connectivity index (χ1) is 9.83. The molecular formula is C18H18O2. The molecule has 2 heteroatoms. The number of fused-ring (bicyclic) bond motifs is 3. The average molecular weight is 266 g/mol. The Bertz CT molecular complexity index is 681. The fraction of sp³-hybridized carbons (Fsp3) is 0.111. The highest BCUT2D eigenvalue weighted by atomic mass is 16.5. The van der Waals surface area contributed by atoms with Gasteiger partial charge in [0, 0.05) is 19.1 Å². The minimum atomic E-state index is 0.813. The van der Waals surface area contributed by atoms with Crippen LogP contribution in [0.2, 0.25) is 0 Å². The summed E-state index contributed by atoms with van der Waals surface area (Å²) in [7, 11) is 1.00. The lowest BCUT2D eigenvalue weighted by molar-refractivity contribution is 0.399. The molecule has 102 valence electrons. The first-order valence-electron chi connectivity index (χ1n) is 6.44. The Morgan fingerprint density at radius 1 is 1.05 bits per heavy atom. The molecule has 1 heterocycles. The van der Waals surface area contributed by atoms with E-state index in [0.717, 1.165) is 30.6 Å². The summed E-state index contributed by atoms with van der Waals surface area (Å²) < 4.78 is 5.88. The number of hydrogen-bond donors (Lipinski definition) is 1. The largest absolute Gasteiger partial charge is 0.457 e. The van der Waals surface area contributed by atoms with Gasteiger partial charge in [-0.3, -0.25) is 0 Å². The molecule has 0 aliphatic carbocycles. The quantitative estimate of drug-likeness (QED) is 0.890. The number of aliphatic hydroxyl groups is 1. The van der Waals surface area contributed by atoms with Crippen molar-refractivity contribution in [2.45, 2.75) is 6.42 Å². The van der Waals surface area contributed by atoms with Gasteiger partial charge in [0.05, 0.1) is 0 Å². The second-order valence-corrected chi connectivity index (χ2v) is 4.34. The molecule has 0 bridgehead atoms. The molecule has 20 heavy (non-hydrogen) atoms. The van der Waals surface area contributed by atoms with Gasteiger partial charge < -0.3 is 9.84 Å². The van der Waals surface area contributed by atoms with Crippen molar-refractivity contribution < 1.29 is 9.84 Å². The Balaban J connectivity index is 0.000000704. The molecule has 0 saturated carbocycles. The number of benzene rings is 2. The zero-order chi connectivity index (χ0) is 14.5. The Hall–Kier alpha value is -2.32. The van der Waals surface area contributed by atoms with Crippen molar-refractivity contribution >= 4 is 10.8 Å². The van der Waals surface area contributed by atoms with E-state index in [1.807, 2.05) is 12.1 Å². The van der Waals surface area contributed by atoms with Gasteiger partial charge in [-0.2, -0.15) is 0 Å². The van der Waals surface area contributed by atoms with Gasteiger partial charge in [0.25, 0.3) is 0 Å². The Morgan fingerprint density at radius 2 is 1.80 bits per heavy atom. The summed E-state index contributed by atoms with van der Waals surface area (Å²) in [6.45, 7) is 7.64. The highest BCUT2D eigenvalue weighted by Crippen LogP contribution is 2.36. The molecule has 0 amide bonds. The fourth-order valence-corrected chi connectivity index (χ4v) is 2.40. The van der Waals surface area contributed by atoms with Gasteiger partial charge in [0.15, 0.2) is 0 Å². The third-order valence-corrected chi connectivity index (χ3v) is 3.33. The van der Waals surface area contributed by atoms with Crippen molar-refractivity contribution in [3.63, 3.8) is 0 Å². The first kappa shape index (κ1) is 14.1. The third-order valence-electron chi connectivity index (χ3n) is 3.33. The van der Waals surface area contributed by atoms with Gasteiger partial charge in [0.1, 0.15) is 11.5 Å². The second kappa shape index (κ2) is 6.22. The van der Waals surface area contributed by atoms with Crippen LogP contribution >= 0.6 is 0 Å². The normalized spacial score (nSPS) is 12.9. The predicted octanol–water partition coefficient (Wildman–Crippen LogP) is 4.01. The topological polar surface area (TPSA) is 29.5 Å². The van der Waals surface area contributed by atoms with E-state index in [2.05, 4.69) is 43.5 Å². The molecular weight excluding hydrogens is 248 g/mol. The van der Waals surface area contributed by atoms with E-state index in [9.17, 15) is 0 Å². The standard InChI is InChI=1S/C17H14O.CH4O/c1-3-12-11-15-14-8-6-5-7-13(14)9-10-17(15)18-16(12)4-2;1-2/h3-10H,1-2,11H2;2H,1H3. The summed E-state index contributed by atoms with van der Waals surface area (Å²) in [5, 5.41) is 9.49. The zero-order valence-electron chi connectivity index (χ0n) is 11.6. The van der Waals surface area contributed by atoms with Gasteiger partial charge in [-0.05, 0) is 28.5 Å². The highest BCUT2D eigenvalue weighted by molar-refractivity contribution is 5.88. The van der Waals surface area contributed by atoms with Crippen LogP contribution in [0.3, 0.4) is 0 Å². The molecule has 0 radical (unpaired) electrons. The summed E-state index contributed by atoms with van der Waals surface area (Å²) in [5.41, 5.74) is 2.32. The van der Waals surface area contributed by atoms with Gasteiger partial charge >= 0.3 is 0 Å². The maximum absolute atomic E-state index is 7.00. The number of aliphatic hydroxyl groups excluding tert-OH is 1. The van der Waals surface area contributed by atoms with Crippen LogP contribution in [0.1, 0.15) is 5.56 Å². The van der Waals surface area contributed by atoms with Crippen LogP contribution in [0.15, 0.2) is 73.0 Å². The molecule has 0 fully saturated rings. The van der Waals surface area contributed by atoms with E-state index >= 15 is 0 Å². The van der Waals surface area contributed by atoms with Crippen molar-refractivity contribution in [2.24, 2.45) is 0 Å². The van der Waals surface area contributed by atoms with Gasteiger partial charge in [-0.1, -0.05) is 49.6 Å². The lowest BCUT2D eigenvalue weighted by Crippen LogP contribution is -2.08. The molecule has 0 unspecified atom stereocenters. The van der Waals surface area contributed by atoms with Gasteiger partial charge in [-0.15, -0.1) is 0 Å². The summed E-state index contributed by atoms with van der Waals surface area (Å²) in [6.07, 6.45) is 4.44. The van der Waals surface area contributed by atoms with E-state index in [-0.39, 0.29) is 0 Å². The maximum Gasteiger partial charge on any atom is 0.131 e. The summed E-state index contributed by atoms with van der Waals surface area (Å²) in [4.78, 5) is 0. The summed E-state index contributed by atoms with van der Waals surface area (Å²) in [6, 6.07) is 12.5. The average Bonchev–Trinajstić information content (AvgIpc) is 2.55. The third kappa shape index (κ3) is 2.38. The lowest BCUT2D eigenvalue weighted by atomic mass is 9.95. The van der Waals surface area contributed by atoms with Crippen LogP contribution in [0.25, 0.3) is 10.8 Å². The van der Waals surface area contributed by atoms with Crippen molar-refractivity contribution in [1.82, 2.24) is 0 Å². The predicted molar refractivity (Wildman–Crippen MR) is 83.8 cm³/mol. The number of rotatable bonds is 2. The molecule has 1 aliphatic heterocycles. The van der Waals surface area contributed by atoms with E-state index in [0.29, 0.717) is 0 Å². The number of ether oxygens (including phenoxy) is 1. The lowest BCUT2D eigenvalue weighted by Gasteiger charge is -2.21. The Morgan fingerprint density at radius 3 is 2.50 bits per heavy atom. The molecule has 3 rings (SSSR count). The minimum Gasteiger partial charge on any atom is -0.457 e. The summed E-state index contributed by atoms with van der Waals surface area (Å²) >= 11 is 0. The first-order valence-corrected chi connectivity index (χ1v) is 6.44. The van der Waals surface area contributed by atoms with Crippen LogP contribution in [0.4, 0.5) is 0 Å². The van der Waals surface area contributed by atoms with Crippen LogP contribution < -0.4 is 4.74 Å². The molecule has 0 spiro atoms. The van der Waals surface area contributed by atoms with E-state index in [1.54, 1.807) is 6.08 Å². The van der Waals surface area contributed by atoms with E-state index < -0.39 is 0 Å². The van der Waals surface area contributed by atoms with Crippen molar-refractivity contribution in [2.75, 3.05) is 7.11 Å². The number of allylic oxidation sites excluding steroid dienone is 3.